The molecule has 16 nitrogen and oxygen atoms in total. The van der Waals surface area contributed by atoms with E-state index in [-0.39, 0.29) is 6.61 Å². The molecule has 0 saturated heterocycles. The quantitative estimate of drug-likeness (QED) is 0.0293. The van der Waals surface area contributed by atoms with E-state index in [0.717, 1.165) is 144 Å². The van der Waals surface area contributed by atoms with Crippen LogP contribution in [0.1, 0.15) is 132 Å². The molecule has 0 fully saturated rings. The Morgan fingerprint density at radius 2 is 0.744 bits per heavy atom. The van der Waals surface area contributed by atoms with Gasteiger partial charge in [-0.3, -0.25) is 4.90 Å². The molecule has 15 rings (SSSR count). The Labute approximate surface area is 715 Å². The lowest BCUT2D eigenvalue weighted by Gasteiger charge is -2.35. The Hall–Kier alpha value is -11.9. The van der Waals surface area contributed by atoms with Crippen LogP contribution in [0.3, 0.4) is 0 Å². The summed E-state index contributed by atoms with van der Waals surface area (Å²) >= 11 is 0. The van der Waals surface area contributed by atoms with E-state index in [0.29, 0.717) is 111 Å². The van der Waals surface area contributed by atoms with Gasteiger partial charge in [0.05, 0.1) is 63.9 Å². The Bertz CT molecular complexity index is 5410. The first-order valence-corrected chi connectivity index (χ1v) is 42.6. The molecule has 3 heterocycles. The Kier molecular flexibility index (Phi) is 26.9. The average Bonchev–Trinajstić information content (AvgIpc) is 0.758. The molecule has 0 radical (unpaired) electrons. The molecule has 2 N–H and O–H groups in total. The van der Waals surface area contributed by atoms with Gasteiger partial charge in [0.1, 0.15) is 42.0 Å². The molecule has 0 saturated carbocycles. The number of aromatic hydroxyl groups is 2. The van der Waals surface area contributed by atoms with Crippen molar-refractivity contribution >= 4 is 34.1 Å². The van der Waals surface area contributed by atoms with E-state index in [4.69, 9.17) is 42.6 Å². The summed E-state index contributed by atoms with van der Waals surface area (Å²) in [6, 6.07) is 98.0. The van der Waals surface area contributed by atoms with Crippen LogP contribution in [0.15, 0.2) is 273 Å². The molecular formula is C105H117N6O10+. The second kappa shape index (κ2) is 38.6. The molecule has 0 aliphatic carbocycles. The number of nitrogens with zero attached hydrogens (tertiary/aromatic N) is 6. The van der Waals surface area contributed by atoms with Gasteiger partial charge in [-0.05, 0) is 192 Å². The lowest BCUT2D eigenvalue weighted by atomic mass is 9.75. The number of aliphatic hydroxyl groups is 1. The van der Waals surface area contributed by atoms with Crippen molar-refractivity contribution in [3.8, 4) is 34.5 Å². The number of ether oxygens (including phenoxy) is 9. The predicted molar refractivity (Wildman–Crippen MR) is 489 cm³/mol. The van der Waals surface area contributed by atoms with Crippen LogP contribution in [0.5, 0.6) is 34.5 Å². The summed E-state index contributed by atoms with van der Waals surface area (Å²) in [5.41, 5.74) is 21.0. The number of benzene rings is 12. The third-order valence-corrected chi connectivity index (χ3v) is 24.4. The first-order valence-electron chi connectivity index (χ1n) is 42.6. The number of fused-ring (bicyclic) bond motifs is 3. The minimum Gasteiger partial charge on any atom is -0.567 e. The third kappa shape index (κ3) is 19.8. The third-order valence-electron chi connectivity index (χ3n) is 24.4. The van der Waals surface area contributed by atoms with E-state index >= 15 is 0 Å². The monoisotopic (exact) mass is 1620 g/mol. The van der Waals surface area contributed by atoms with Crippen molar-refractivity contribution in [3.05, 3.63) is 356 Å². The molecule has 0 atom stereocenters. The first-order chi connectivity index (χ1) is 58.9. The van der Waals surface area contributed by atoms with Crippen LogP contribution in [-0.2, 0) is 87.6 Å². The SMILES string of the molecule is CCN(Cc1cc(C(C)(C)c2cc(CN(Cc3cc(C(C)(C)c4ccc5c(c4)CN(c4ccccc4)CO5)ccc3OCCOCCOC)c3ccccc3)c(OCCOCCOC)c(CN(Cc3cc(C(C)(C)c4ccc5c(c4)CN(c4ccccc4)CO5)cc4c3[OH+]CN(c3ccccc3)C4)c3ccccc3)c2)cc(C)c1O)c1ccccc1. The van der Waals surface area contributed by atoms with Crippen LogP contribution in [0.4, 0.5) is 34.1 Å². The van der Waals surface area contributed by atoms with Gasteiger partial charge in [0.2, 0.25) is 0 Å². The number of para-hydroxylation sites is 6. The van der Waals surface area contributed by atoms with Crippen LogP contribution in [0, 0.1) is 6.92 Å². The largest absolute Gasteiger partial charge is 0.567 e. The summed E-state index contributed by atoms with van der Waals surface area (Å²) in [5.74, 6) is 4.66. The second-order valence-corrected chi connectivity index (χ2v) is 33.5. The average molecular weight is 1620 g/mol. The molecule has 121 heavy (non-hydrogen) atoms. The maximum atomic E-state index is 12.2. The maximum Gasteiger partial charge on any atom is 0.266 e. The molecule has 626 valence electrons. The minimum absolute atomic E-state index is 0.264. The van der Waals surface area contributed by atoms with E-state index < -0.39 is 16.2 Å². The van der Waals surface area contributed by atoms with Gasteiger partial charge in [0, 0.05) is 144 Å². The summed E-state index contributed by atoms with van der Waals surface area (Å²) < 4.78 is 56.2. The standard InChI is InChI=1S/C105H116N6O10/c1-11-106(91-30-18-12-19-31-91)68-80-60-88(56-76(2)100(80)112)105(7,8)90-61-81(69-107(92-32-20-13-21-33-92)65-77-57-85(42-45-97(77)117-54-52-115-50-48-113-9)103(3,4)86-43-46-98-78(58-86)66-109(73-119-98)94-36-24-15-25-37-94)101(118-55-53-116-51-49-114-10)82(62-90)70-108(93-34-22-14-23-35-93)71-83-63-89(64-84-72-111(75-121-102(83)84)96-40-28-17-29-41-96)104(5,6)87-44-47-99-79(59-87)67-110(74-120-99)95-38-26-16-27-39-95/h12-47,56-64,112H,11,48-55,65-75H2,1-10H3/p+1. The lowest BCUT2D eigenvalue weighted by molar-refractivity contribution is 0.0523. The molecule has 0 unspecified atom stereocenters. The topological polar surface area (TPSA) is 126 Å². The van der Waals surface area contributed by atoms with Gasteiger partial charge in [-0.15, -0.1) is 0 Å². The molecule has 16 heteroatoms. The van der Waals surface area contributed by atoms with E-state index in [1.807, 2.05) is 13.0 Å². The molecule has 0 amide bonds. The lowest BCUT2D eigenvalue weighted by Crippen LogP contribution is -2.33. The number of aryl methyl sites for hydroxylation is 1. The summed E-state index contributed by atoms with van der Waals surface area (Å²) in [6.07, 6.45) is 0. The first kappa shape index (κ1) is 84.1. The predicted octanol–water partition coefficient (Wildman–Crippen LogP) is 21.1. The maximum absolute atomic E-state index is 12.2. The molecule has 0 bridgehead atoms. The fourth-order valence-corrected chi connectivity index (χ4v) is 17.0. The highest BCUT2D eigenvalue weighted by Gasteiger charge is 2.36. The zero-order chi connectivity index (χ0) is 83.9. The molecule has 12 aromatic rings. The molecule has 12 aromatic carbocycles. The van der Waals surface area contributed by atoms with Crippen LogP contribution in [0.25, 0.3) is 0 Å². The molecular weight excluding hydrogens is 1510 g/mol. The summed E-state index contributed by atoms with van der Waals surface area (Å²) in [6.45, 7) is 28.0. The van der Waals surface area contributed by atoms with E-state index in [2.05, 4.69) is 345 Å². The summed E-state index contributed by atoms with van der Waals surface area (Å²) in [5, 5.41) is 12.2. The zero-order valence-electron chi connectivity index (χ0n) is 72.0. The van der Waals surface area contributed by atoms with Gasteiger partial charge < -0.3 is 72.2 Å². The van der Waals surface area contributed by atoms with Gasteiger partial charge in [0.15, 0.2) is 13.5 Å². The number of methoxy groups -OCH3 is 2. The summed E-state index contributed by atoms with van der Waals surface area (Å²) in [7, 11) is 3.39. The van der Waals surface area contributed by atoms with Crippen LogP contribution < -0.4 is 48.3 Å². The van der Waals surface area contributed by atoms with Crippen molar-refractivity contribution in [2.75, 3.05) is 123 Å². The Morgan fingerprint density at radius 3 is 1.26 bits per heavy atom. The smallest absolute Gasteiger partial charge is 0.266 e. The van der Waals surface area contributed by atoms with Crippen molar-refractivity contribution in [3.63, 3.8) is 0 Å². The second-order valence-electron chi connectivity index (χ2n) is 33.5. The highest BCUT2D eigenvalue weighted by molar-refractivity contribution is 5.63. The van der Waals surface area contributed by atoms with Crippen molar-refractivity contribution in [2.45, 2.75) is 124 Å². The van der Waals surface area contributed by atoms with Gasteiger partial charge in [-0.25, -0.2) is 0 Å². The van der Waals surface area contributed by atoms with Gasteiger partial charge >= 0.3 is 0 Å². The number of phenols is 1. The van der Waals surface area contributed by atoms with Crippen molar-refractivity contribution in [1.82, 2.24) is 0 Å². The highest BCUT2D eigenvalue weighted by atomic mass is 16.5. The number of anilines is 6. The van der Waals surface area contributed by atoms with Crippen molar-refractivity contribution < 1.29 is 47.7 Å². The normalized spacial score (nSPS) is 13.3. The van der Waals surface area contributed by atoms with E-state index in [1.54, 1.807) is 14.2 Å². The van der Waals surface area contributed by atoms with Gasteiger partial charge in [0.25, 0.3) is 12.5 Å². The Balaban J connectivity index is 0.874. The van der Waals surface area contributed by atoms with Crippen LogP contribution >= 0.6 is 0 Å². The molecule has 0 aromatic heterocycles. The molecule has 3 aliphatic heterocycles. The van der Waals surface area contributed by atoms with E-state index in [1.165, 1.54) is 22.3 Å². The van der Waals surface area contributed by atoms with Crippen LogP contribution in [0.2, 0.25) is 0 Å². The molecule has 3 aliphatic rings. The molecule has 0 spiro atoms. The number of rotatable bonds is 37. The fraction of sp³-hybridized carbons (Fsp3) is 0.314. The fourth-order valence-electron chi connectivity index (χ4n) is 17.0. The van der Waals surface area contributed by atoms with Crippen molar-refractivity contribution in [2.24, 2.45) is 0 Å². The Morgan fingerprint density at radius 1 is 0.372 bits per heavy atom. The number of phenolic OH excluding ortho intramolecular Hbond substituents is 1. The van der Waals surface area contributed by atoms with Crippen LogP contribution in [-0.4, -0.2) is 104 Å². The van der Waals surface area contributed by atoms with Gasteiger partial charge in [-0.1, -0.05) is 175 Å². The van der Waals surface area contributed by atoms with Crippen molar-refractivity contribution in [1.29, 1.82) is 0 Å². The van der Waals surface area contributed by atoms with E-state index in [9.17, 15) is 5.11 Å². The highest BCUT2D eigenvalue weighted by Crippen LogP contribution is 2.47. The number of hydrogen-bond donors (Lipinski definition) is 1. The summed E-state index contributed by atoms with van der Waals surface area (Å²) in [4.78, 5) is 14.3. The number of hydrogen-bond acceptors (Lipinski definition) is 15. The minimum atomic E-state index is -0.669. The van der Waals surface area contributed by atoms with Gasteiger partial charge in [-0.2, -0.15) is 0 Å². The zero-order valence-corrected chi connectivity index (χ0v) is 72.0.